The number of fused-ring (bicyclic) bond motifs is 1. The minimum Gasteiger partial charge on any atom is -0.268 e. The van der Waals surface area contributed by atoms with E-state index >= 15 is 0 Å². The Morgan fingerprint density at radius 2 is 1.70 bits per heavy atom. The molecule has 1 heterocycles. The van der Waals surface area contributed by atoms with Crippen LogP contribution in [0.3, 0.4) is 0 Å². The second-order valence-corrected chi connectivity index (χ2v) is 7.47. The van der Waals surface area contributed by atoms with Crippen molar-refractivity contribution in [3.63, 3.8) is 0 Å². The maximum Gasteiger partial charge on any atom is 0.264 e. The molecule has 1 aromatic heterocycles. The first-order chi connectivity index (χ1) is 13.0. The average Bonchev–Trinajstić information content (AvgIpc) is 3.04. The van der Waals surface area contributed by atoms with Gasteiger partial charge in [-0.3, -0.25) is 9.69 Å². The fourth-order valence-electron chi connectivity index (χ4n) is 3.10. The standard InChI is InChI=1S/C22H17FN2OS/c1-14-10-15(2)12-18(11-14)25(21(26)16-6-5-7-17(23)13-16)22-24-19-8-3-4-9-20(19)27-22/h3-13H,1-2H3. The number of amides is 1. The zero-order valence-electron chi connectivity index (χ0n) is 14.9. The van der Waals surface area contributed by atoms with E-state index in [9.17, 15) is 9.18 Å². The Bertz CT molecular complexity index is 1100. The highest BCUT2D eigenvalue weighted by Gasteiger charge is 2.24. The largest absolute Gasteiger partial charge is 0.268 e. The predicted molar refractivity (Wildman–Crippen MR) is 108 cm³/mol. The van der Waals surface area contributed by atoms with E-state index in [1.807, 2.05) is 56.3 Å². The summed E-state index contributed by atoms with van der Waals surface area (Å²) in [7, 11) is 0. The summed E-state index contributed by atoms with van der Waals surface area (Å²) >= 11 is 1.44. The topological polar surface area (TPSA) is 33.2 Å². The van der Waals surface area contributed by atoms with Gasteiger partial charge in [0.15, 0.2) is 5.13 Å². The number of carbonyl (C=O) groups is 1. The summed E-state index contributed by atoms with van der Waals surface area (Å²) in [6.07, 6.45) is 0. The third-order valence-electron chi connectivity index (χ3n) is 4.21. The van der Waals surface area contributed by atoms with Crippen LogP contribution in [0.1, 0.15) is 21.5 Å². The molecule has 0 spiro atoms. The van der Waals surface area contributed by atoms with E-state index in [0.29, 0.717) is 5.13 Å². The first-order valence-electron chi connectivity index (χ1n) is 8.55. The monoisotopic (exact) mass is 376 g/mol. The highest BCUT2D eigenvalue weighted by molar-refractivity contribution is 7.22. The summed E-state index contributed by atoms with van der Waals surface area (Å²) in [6.45, 7) is 3.97. The average molecular weight is 376 g/mol. The highest BCUT2D eigenvalue weighted by atomic mass is 32.1. The van der Waals surface area contributed by atoms with Gasteiger partial charge in [0, 0.05) is 5.56 Å². The van der Waals surface area contributed by atoms with Gasteiger partial charge in [0.2, 0.25) is 0 Å². The molecule has 0 radical (unpaired) electrons. The predicted octanol–water partition coefficient (Wildman–Crippen LogP) is 6.03. The van der Waals surface area contributed by atoms with Crippen LogP contribution in [-0.2, 0) is 0 Å². The quantitative estimate of drug-likeness (QED) is 0.437. The Labute approximate surface area is 160 Å². The molecule has 134 valence electrons. The van der Waals surface area contributed by atoms with Crippen molar-refractivity contribution in [3.8, 4) is 0 Å². The molecular weight excluding hydrogens is 359 g/mol. The number of hydrogen-bond donors (Lipinski definition) is 0. The van der Waals surface area contributed by atoms with E-state index < -0.39 is 5.82 Å². The number of anilines is 2. The molecule has 5 heteroatoms. The number of rotatable bonds is 3. The van der Waals surface area contributed by atoms with Gasteiger partial charge in [-0.2, -0.15) is 0 Å². The summed E-state index contributed by atoms with van der Waals surface area (Å²) in [5.74, 6) is -0.746. The van der Waals surface area contributed by atoms with E-state index in [1.165, 1.54) is 23.5 Å². The van der Waals surface area contributed by atoms with Gasteiger partial charge in [-0.05, 0) is 67.4 Å². The third kappa shape index (κ3) is 3.46. The lowest BCUT2D eigenvalue weighted by Crippen LogP contribution is -2.26. The molecule has 0 bridgehead atoms. The molecule has 0 fully saturated rings. The number of aromatic nitrogens is 1. The second kappa shape index (κ2) is 6.93. The van der Waals surface area contributed by atoms with Crippen molar-refractivity contribution in [2.24, 2.45) is 0 Å². The smallest absolute Gasteiger partial charge is 0.264 e. The van der Waals surface area contributed by atoms with Crippen molar-refractivity contribution in [3.05, 3.63) is 89.2 Å². The maximum atomic E-state index is 13.7. The van der Waals surface area contributed by atoms with Crippen LogP contribution >= 0.6 is 11.3 Å². The number of aryl methyl sites for hydroxylation is 2. The normalized spacial score (nSPS) is 10.9. The Balaban J connectivity index is 1.90. The first kappa shape index (κ1) is 17.4. The Hall–Kier alpha value is -3.05. The van der Waals surface area contributed by atoms with Gasteiger partial charge in [0.25, 0.3) is 5.91 Å². The second-order valence-electron chi connectivity index (χ2n) is 6.46. The van der Waals surface area contributed by atoms with Crippen molar-refractivity contribution in [2.75, 3.05) is 4.90 Å². The molecule has 0 atom stereocenters. The number of nitrogens with zero attached hydrogens (tertiary/aromatic N) is 2. The van der Waals surface area contributed by atoms with Gasteiger partial charge in [-0.25, -0.2) is 9.37 Å². The molecule has 0 saturated carbocycles. The van der Waals surface area contributed by atoms with E-state index in [1.54, 1.807) is 17.0 Å². The molecule has 4 rings (SSSR count). The molecule has 3 aromatic carbocycles. The first-order valence-corrected chi connectivity index (χ1v) is 9.37. The van der Waals surface area contributed by atoms with Crippen LogP contribution in [-0.4, -0.2) is 10.9 Å². The van der Waals surface area contributed by atoms with E-state index in [4.69, 9.17) is 0 Å². The molecular formula is C22H17FN2OS. The molecule has 1 amide bonds. The Morgan fingerprint density at radius 3 is 2.41 bits per heavy atom. The van der Waals surface area contributed by atoms with Gasteiger partial charge >= 0.3 is 0 Å². The van der Waals surface area contributed by atoms with Crippen molar-refractivity contribution in [1.29, 1.82) is 0 Å². The van der Waals surface area contributed by atoms with Gasteiger partial charge in [-0.15, -0.1) is 0 Å². The lowest BCUT2D eigenvalue weighted by atomic mass is 10.1. The zero-order chi connectivity index (χ0) is 19.0. The number of hydrogen-bond acceptors (Lipinski definition) is 3. The fraction of sp³-hybridized carbons (Fsp3) is 0.0909. The molecule has 3 nitrogen and oxygen atoms in total. The highest BCUT2D eigenvalue weighted by Crippen LogP contribution is 2.35. The summed E-state index contributed by atoms with van der Waals surface area (Å²) in [4.78, 5) is 19.5. The van der Waals surface area contributed by atoms with E-state index in [0.717, 1.165) is 27.0 Å². The molecule has 0 saturated heterocycles. The van der Waals surface area contributed by atoms with Gasteiger partial charge in [0.05, 0.1) is 15.9 Å². The lowest BCUT2D eigenvalue weighted by Gasteiger charge is -2.21. The molecule has 0 N–H and O–H groups in total. The number of halogens is 1. The molecule has 0 aliphatic carbocycles. The number of benzene rings is 3. The summed E-state index contributed by atoms with van der Waals surface area (Å²) < 4.78 is 14.7. The van der Waals surface area contributed by atoms with Crippen LogP contribution in [0.5, 0.6) is 0 Å². The molecule has 0 aliphatic rings. The summed E-state index contributed by atoms with van der Waals surface area (Å²) in [5, 5.41) is 0.565. The van der Waals surface area contributed by atoms with Crippen LogP contribution < -0.4 is 4.90 Å². The third-order valence-corrected chi connectivity index (χ3v) is 5.23. The molecule has 0 aliphatic heterocycles. The molecule has 0 unspecified atom stereocenters. The van der Waals surface area contributed by atoms with Gasteiger partial charge in [-0.1, -0.05) is 35.6 Å². The van der Waals surface area contributed by atoms with Crippen molar-refractivity contribution < 1.29 is 9.18 Å². The maximum absolute atomic E-state index is 13.7. The number of para-hydroxylation sites is 1. The van der Waals surface area contributed by atoms with Gasteiger partial charge in [0.1, 0.15) is 5.82 Å². The summed E-state index contributed by atoms with van der Waals surface area (Å²) in [5.41, 5.74) is 3.93. The van der Waals surface area contributed by atoms with Crippen LogP contribution in [0.15, 0.2) is 66.7 Å². The fourth-order valence-corrected chi connectivity index (χ4v) is 4.09. The van der Waals surface area contributed by atoms with E-state index in [2.05, 4.69) is 4.98 Å². The Kier molecular flexibility index (Phi) is 4.46. The molecule has 27 heavy (non-hydrogen) atoms. The van der Waals surface area contributed by atoms with Crippen molar-refractivity contribution in [1.82, 2.24) is 4.98 Å². The Morgan fingerprint density at radius 1 is 0.963 bits per heavy atom. The summed E-state index contributed by atoms with van der Waals surface area (Å²) in [6, 6.07) is 19.4. The van der Waals surface area contributed by atoms with Gasteiger partial charge < -0.3 is 0 Å². The lowest BCUT2D eigenvalue weighted by molar-refractivity contribution is 0.0999. The number of thiazole rings is 1. The van der Waals surface area contributed by atoms with Crippen molar-refractivity contribution in [2.45, 2.75) is 13.8 Å². The number of carbonyl (C=O) groups excluding carboxylic acids is 1. The van der Waals surface area contributed by atoms with Crippen LogP contribution in [0.25, 0.3) is 10.2 Å². The molecule has 4 aromatic rings. The van der Waals surface area contributed by atoms with Crippen molar-refractivity contribution >= 4 is 38.3 Å². The zero-order valence-corrected chi connectivity index (χ0v) is 15.8. The SMILES string of the molecule is Cc1cc(C)cc(N(C(=O)c2cccc(F)c2)c2nc3ccccc3s2)c1. The minimum absolute atomic E-state index is 0.286. The van der Waals surface area contributed by atoms with Crippen LogP contribution in [0, 0.1) is 19.7 Å². The van der Waals surface area contributed by atoms with Crippen LogP contribution in [0.4, 0.5) is 15.2 Å². The van der Waals surface area contributed by atoms with Crippen LogP contribution in [0.2, 0.25) is 0 Å². The minimum atomic E-state index is -0.439. The van der Waals surface area contributed by atoms with E-state index in [-0.39, 0.29) is 11.5 Å².